The summed E-state index contributed by atoms with van der Waals surface area (Å²) in [6.07, 6.45) is 1.62. The molecule has 0 aliphatic carbocycles. The normalized spacial score (nSPS) is 9.89. The highest BCUT2D eigenvalue weighted by molar-refractivity contribution is 9.10. The Labute approximate surface area is 114 Å². The second kappa shape index (κ2) is 7.87. The fraction of sp³-hybridized carbons (Fsp3) is 0.385. The fourth-order valence-corrected chi connectivity index (χ4v) is 1.70. The average molecular weight is 315 g/mol. The van der Waals surface area contributed by atoms with Crippen molar-refractivity contribution in [2.24, 2.45) is 0 Å². The van der Waals surface area contributed by atoms with Crippen molar-refractivity contribution in [3.63, 3.8) is 0 Å². The molecule has 1 aromatic rings. The monoisotopic (exact) mass is 314 g/mol. The minimum atomic E-state index is -0.231. The van der Waals surface area contributed by atoms with Crippen LogP contribution in [0.1, 0.15) is 30.1 Å². The standard InChI is InChI=1S/C13H15BrO4/c1-2-17-13(16)4-3-7-18-12-8-11(14)6-5-10(12)9-15/h5-6,8-9H,2-4,7H2,1H3. The van der Waals surface area contributed by atoms with Crippen molar-refractivity contribution in [1.82, 2.24) is 0 Å². The predicted molar refractivity (Wildman–Crippen MR) is 70.9 cm³/mol. The van der Waals surface area contributed by atoms with E-state index in [1.165, 1.54) is 0 Å². The Morgan fingerprint density at radius 2 is 2.22 bits per heavy atom. The van der Waals surface area contributed by atoms with Crippen LogP contribution in [0.25, 0.3) is 0 Å². The zero-order valence-electron chi connectivity index (χ0n) is 10.1. The molecule has 0 saturated heterocycles. The number of rotatable bonds is 7. The smallest absolute Gasteiger partial charge is 0.305 e. The highest BCUT2D eigenvalue weighted by Gasteiger charge is 2.05. The van der Waals surface area contributed by atoms with E-state index in [-0.39, 0.29) is 5.97 Å². The lowest BCUT2D eigenvalue weighted by molar-refractivity contribution is -0.143. The van der Waals surface area contributed by atoms with Crippen LogP contribution in [0.5, 0.6) is 5.75 Å². The molecule has 0 aliphatic heterocycles. The van der Waals surface area contributed by atoms with Crippen LogP contribution in [0, 0.1) is 0 Å². The molecule has 0 amide bonds. The molecule has 0 saturated carbocycles. The summed E-state index contributed by atoms with van der Waals surface area (Å²) < 4.78 is 11.1. The number of halogens is 1. The highest BCUT2D eigenvalue weighted by atomic mass is 79.9. The van der Waals surface area contributed by atoms with E-state index in [0.29, 0.717) is 37.4 Å². The van der Waals surface area contributed by atoms with Gasteiger partial charge in [0.15, 0.2) is 6.29 Å². The zero-order chi connectivity index (χ0) is 13.4. The van der Waals surface area contributed by atoms with Gasteiger partial charge in [0.25, 0.3) is 0 Å². The van der Waals surface area contributed by atoms with Gasteiger partial charge < -0.3 is 9.47 Å². The lowest BCUT2D eigenvalue weighted by Gasteiger charge is -2.08. The maximum atomic E-state index is 11.1. The van der Waals surface area contributed by atoms with Crippen LogP contribution in [-0.2, 0) is 9.53 Å². The first-order chi connectivity index (χ1) is 8.67. The van der Waals surface area contributed by atoms with E-state index in [2.05, 4.69) is 15.9 Å². The molecule has 18 heavy (non-hydrogen) atoms. The summed E-state index contributed by atoms with van der Waals surface area (Å²) in [6, 6.07) is 5.18. The highest BCUT2D eigenvalue weighted by Crippen LogP contribution is 2.22. The van der Waals surface area contributed by atoms with Gasteiger partial charge in [-0.3, -0.25) is 9.59 Å². The third-order valence-corrected chi connectivity index (χ3v) is 2.68. The second-order valence-corrected chi connectivity index (χ2v) is 4.47. The Bertz CT molecular complexity index is 417. The number of hydrogen-bond acceptors (Lipinski definition) is 4. The molecular weight excluding hydrogens is 300 g/mol. The van der Waals surface area contributed by atoms with Gasteiger partial charge in [-0.2, -0.15) is 0 Å². The molecule has 0 heterocycles. The van der Waals surface area contributed by atoms with Gasteiger partial charge >= 0.3 is 5.97 Å². The zero-order valence-corrected chi connectivity index (χ0v) is 11.7. The van der Waals surface area contributed by atoms with Crippen LogP contribution in [0.15, 0.2) is 22.7 Å². The van der Waals surface area contributed by atoms with E-state index < -0.39 is 0 Å². The molecule has 0 N–H and O–H groups in total. The molecule has 0 atom stereocenters. The quantitative estimate of drug-likeness (QED) is 0.441. The van der Waals surface area contributed by atoms with E-state index in [1.807, 2.05) is 0 Å². The van der Waals surface area contributed by atoms with Crippen molar-refractivity contribution in [3.05, 3.63) is 28.2 Å². The summed E-state index contributed by atoms with van der Waals surface area (Å²) >= 11 is 3.31. The van der Waals surface area contributed by atoms with Crippen molar-refractivity contribution >= 4 is 28.2 Å². The first-order valence-corrected chi connectivity index (χ1v) is 6.49. The fourth-order valence-electron chi connectivity index (χ4n) is 1.36. The molecule has 0 radical (unpaired) electrons. The Kier molecular flexibility index (Phi) is 6.43. The summed E-state index contributed by atoms with van der Waals surface area (Å²) in [5, 5.41) is 0. The molecule has 0 fully saturated rings. The van der Waals surface area contributed by atoms with E-state index >= 15 is 0 Å². The molecule has 1 rings (SSSR count). The Hall–Kier alpha value is -1.36. The van der Waals surface area contributed by atoms with E-state index in [1.54, 1.807) is 25.1 Å². The van der Waals surface area contributed by atoms with Crippen molar-refractivity contribution in [2.75, 3.05) is 13.2 Å². The molecule has 0 aromatic heterocycles. The van der Waals surface area contributed by atoms with Crippen LogP contribution in [0.2, 0.25) is 0 Å². The largest absolute Gasteiger partial charge is 0.493 e. The van der Waals surface area contributed by atoms with E-state index in [9.17, 15) is 9.59 Å². The molecule has 1 aromatic carbocycles. The van der Waals surface area contributed by atoms with Crippen LogP contribution in [0.3, 0.4) is 0 Å². The van der Waals surface area contributed by atoms with E-state index in [0.717, 1.165) is 10.8 Å². The van der Waals surface area contributed by atoms with Gasteiger partial charge in [-0.05, 0) is 31.5 Å². The molecular formula is C13H15BrO4. The second-order valence-electron chi connectivity index (χ2n) is 3.56. The van der Waals surface area contributed by atoms with Gasteiger partial charge in [0.05, 0.1) is 18.8 Å². The maximum Gasteiger partial charge on any atom is 0.305 e. The molecule has 0 spiro atoms. The lowest BCUT2D eigenvalue weighted by atomic mass is 10.2. The Morgan fingerprint density at radius 3 is 2.89 bits per heavy atom. The molecule has 5 heteroatoms. The number of benzene rings is 1. The number of aldehydes is 1. The number of esters is 1. The topological polar surface area (TPSA) is 52.6 Å². The van der Waals surface area contributed by atoms with Gasteiger partial charge in [-0.15, -0.1) is 0 Å². The van der Waals surface area contributed by atoms with Crippen molar-refractivity contribution in [2.45, 2.75) is 19.8 Å². The molecule has 98 valence electrons. The predicted octanol–water partition coefficient (Wildman–Crippen LogP) is 2.98. The van der Waals surface area contributed by atoms with Crippen LogP contribution in [0.4, 0.5) is 0 Å². The van der Waals surface area contributed by atoms with Crippen LogP contribution in [-0.4, -0.2) is 25.5 Å². The third-order valence-electron chi connectivity index (χ3n) is 2.19. The Balaban J connectivity index is 2.41. The molecule has 0 bridgehead atoms. The number of ether oxygens (including phenoxy) is 2. The van der Waals surface area contributed by atoms with Crippen molar-refractivity contribution in [3.8, 4) is 5.75 Å². The summed E-state index contributed by atoms with van der Waals surface area (Å²) in [5.41, 5.74) is 0.495. The van der Waals surface area contributed by atoms with Gasteiger partial charge in [0.1, 0.15) is 5.75 Å². The minimum absolute atomic E-state index is 0.231. The first kappa shape index (κ1) is 14.7. The van der Waals surface area contributed by atoms with Crippen LogP contribution < -0.4 is 4.74 Å². The summed E-state index contributed by atoms with van der Waals surface area (Å²) in [4.78, 5) is 21.9. The average Bonchev–Trinajstić information content (AvgIpc) is 2.35. The van der Waals surface area contributed by atoms with Gasteiger partial charge in [0, 0.05) is 10.9 Å². The third kappa shape index (κ3) is 4.87. The van der Waals surface area contributed by atoms with Gasteiger partial charge in [0.2, 0.25) is 0 Å². The number of carbonyl (C=O) groups excluding carboxylic acids is 2. The van der Waals surface area contributed by atoms with Gasteiger partial charge in [-0.25, -0.2) is 0 Å². The molecule has 0 unspecified atom stereocenters. The summed E-state index contributed by atoms with van der Waals surface area (Å²) in [7, 11) is 0. The van der Waals surface area contributed by atoms with Crippen molar-refractivity contribution < 1.29 is 19.1 Å². The maximum absolute atomic E-state index is 11.1. The SMILES string of the molecule is CCOC(=O)CCCOc1cc(Br)ccc1C=O. The molecule has 4 nitrogen and oxygen atoms in total. The minimum Gasteiger partial charge on any atom is -0.493 e. The first-order valence-electron chi connectivity index (χ1n) is 5.70. The number of carbonyl (C=O) groups is 2. The molecule has 0 aliphatic rings. The summed E-state index contributed by atoms with van der Waals surface area (Å²) in [5.74, 6) is 0.286. The lowest BCUT2D eigenvalue weighted by Crippen LogP contribution is -2.07. The van der Waals surface area contributed by atoms with Crippen molar-refractivity contribution in [1.29, 1.82) is 0 Å². The van der Waals surface area contributed by atoms with Gasteiger partial charge in [-0.1, -0.05) is 15.9 Å². The van der Waals surface area contributed by atoms with E-state index in [4.69, 9.17) is 9.47 Å². The Morgan fingerprint density at radius 1 is 1.44 bits per heavy atom. The summed E-state index contributed by atoms with van der Waals surface area (Å²) in [6.45, 7) is 2.53. The number of hydrogen-bond donors (Lipinski definition) is 0. The van der Waals surface area contributed by atoms with Crippen LogP contribution >= 0.6 is 15.9 Å².